The second-order valence-electron chi connectivity index (χ2n) is 6.32. The monoisotopic (exact) mass is 336 g/mol. The molecule has 0 saturated carbocycles. The molecule has 1 amide bonds. The molecule has 0 N–H and O–H groups in total. The molecule has 128 valence electrons. The number of amides is 1. The summed E-state index contributed by atoms with van der Waals surface area (Å²) in [6.45, 7) is 0.750. The highest BCUT2D eigenvalue weighted by Crippen LogP contribution is 2.37. The van der Waals surface area contributed by atoms with Crippen LogP contribution in [0.3, 0.4) is 0 Å². The van der Waals surface area contributed by atoms with E-state index in [1.54, 1.807) is 11.8 Å². The predicted molar refractivity (Wildman–Crippen MR) is 94.5 cm³/mol. The first kappa shape index (κ1) is 15.6. The van der Waals surface area contributed by atoms with Gasteiger partial charge in [0.05, 0.1) is 18.7 Å². The average Bonchev–Trinajstić information content (AvgIpc) is 3.28. The summed E-state index contributed by atoms with van der Waals surface area (Å²) in [5, 5.41) is 8.12. The van der Waals surface area contributed by atoms with Crippen LogP contribution in [-0.2, 0) is 7.05 Å². The van der Waals surface area contributed by atoms with Crippen LogP contribution in [0, 0.1) is 0 Å². The Morgan fingerprint density at radius 1 is 1.24 bits per heavy atom. The van der Waals surface area contributed by atoms with Gasteiger partial charge in [-0.25, -0.2) is 4.68 Å². The van der Waals surface area contributed by atoms with Gasteiger partial charge >= 0.3 is 0 Å². The molecule has 0 aliphatic carbocycles. The molecule has 1 aliphatic heterocycles. The van der Waals surface area contributed by atoms with Crippen LogP contribution in [0.5, 0.6) is 5.75 Å². The lowest BCUT2D eigenvalue weighted by Crippen LogP contribution is -2.30. The second-order valence-corrected chi connectivity index (χ2v) is 6.32. The Kier molecular flexibility index (Phi) is 3.87. The number of hydrogen-bond acceptors (Lipinski definition) is 4. The number of fused-ring (bicyclic) bond motifs is 1. The van der Waals surface area contributed by atoms with Crippen LogP contribution in [0.15, 0.2) is 42.5 Å². The number of nitrogens with zero attached hydrogens (tertiary/aromatic N) is 4. The van der Waals surface area contributed by atoms with Gasteiger partial charge in [0, 0.05) is 24.7 Å². The second kappa shape index (κ2) is 6.20. The number of benzene rings is 2. The Morgan fingerprint density at radius 3 is 2.92 bits per heavy atom. The third kappa shape index (κ3) is 2.63. The number of carbonyl (C=O) groups excluding carboxylic acids is 1. The SMILES string of the molecule is COc1ccccc1C1CCCN1C(=O)c1ccc2c(c1)nnn2C. The topological polar surface area (TPSA) is 60.2 Å². The van der Waals surface area contributed by atoms with Crippen molar-refractivity contribution in [2.75, 3.05) is 13.7 Å². The van der Waals surface area contributed by atoms with Crippen molar-refractivity contribution in [3.8, 4) is 5.75 Å². The van der Waals surface area contributed by atoms with Crippen LogP contribution in [0.25, 0.3) is 11.0 Å². The van der Waals surface area contributed by atoms with Gasteiger partial charge in [0.2, 0.25) is 0 Å². The summed E-state index contributed by atoms with van der Waals surface area (Å²) in [4.78, 5) is 15.1. The van der Waals surface area contributed by atoms with Crippen LogP contribution >= 0.6 is 0 Å². The van der Waals surface area contributed by atoms with Gasteiger partial charge in [-0.15, -0.1) is 5.10 Å². The van der Waals surface area contributed by atoms with Crippen molar-refractivity contribution >= 4 is 16.9 Å². The smallest absolute Gasteiger partial charge is 0.254 e. The Balaban J connectivity index is 1.68. The van der Waals surface area contributed by atoms with Gasteiger partial charge in [-0.1, -0.05) is 23.4 Å². The van der Waals surface area contributed by atoms with E-state index in [1.807, 2.05) is 54.4 Å². The molecule has 25 heavy (non-hydrogen) atoms. The van der Waals surface area contributed by atoms with Crippen molar-refractivity contribution in [3.05, 3.63) is 53.6 Å². The van der Waals surface area contributed by atoms with Crippen molar-refractivity contribution in [2.24, 2.45) is 7.05 Å². The summed E-state index contributed by atoms with van der Waals surface area (Å²) < 4.78 is 7.20. The fraction of sp³-hybridized carbons (Fsp3) is 0.316. The molecular formula is C19H20N4O2. The lowest BCUT2D eigenvalue weighted by atomic mass is 10.0. The van der Waals surface area contributed by atoms with Crippen molar-refractivity contribution in [1.82, 2.24) is 19.9 Å². The van der Waals surface area contributed by atoms with Crippen molar-refractivity contribution < 1.29 is 9.53 Å². The fourth-order valence-corrected chi connectivity index (χ4v) is 3.61. The van der Waals surface area contributed by atoms with Crippen LogP contribution in [0.4, 0.5) is 0 Å². The Hall–Kier alpha value is -2.89. The number of aryl methyl sites for hydroxylation is 1. The zero-order chi connectivity index (χ0) is 17.4. The molecule has 1 unspecified atom stereocenters. The molecule has 1 aliphatic rings. The largest absolute Gasteiger partial charge is 0.496 e. The third-order valence-corrected chi connectivity index (χ3v) is 4.87. The van der Waals surface area contributed by atoms with Gasteiger partial charge < -0.3 is 9.64 Å². The number of rotatable bonds is 3. The van der Waals surface area contributed by atoms with Crippen molar-refractivity contribution in [2.45, 2.75) is 18.9 Å². The molecule has 0 spiro atoms. The molecule has 1 saturated heterocycles. The minimum absolute atomic E-state index is 0.0287. The standard InChI is InChI=1S/C19H20N4O2/c1-22-17-10-9-13(12-15(17)20-21-22)19(24)23-11-5-7-16(23)14-6-3-4-8-18(14)25-2/h3-4,6,8-10,12,16H,5,7,11H2,1-2H3. The summed E-state index contributed by atoms with van der Waals surface area (Å²) >= 11 is 0. The maximum atomic E-state index is 13.1. The van der Waals surface area contributed by atoms with Crippen LogP contribution in [-0.4, -0.2) is 39.5 Å². The maximum absolute atomic E-state index is 13.1. The van der Waals surface area contributed by atoms with Crippen LogP contribution in [0.1, 0.15) is 34.8 Å². The highest BCUT2D eigenvalue weighted by Gasteiger charge is 2.32. The molecule has 0 bridgehead atoms. The molecule has 2 heterocycles. The molecular weight excluding hydrogens is 316 g/mol. The van der Waals surface area contributed by atoms with E-state index < -0.39 is 0 Å². The fourth-order valence-electron chi connectivity index (χ4n) is 3.61. The number of para-hydroxylation sites is 1. The predicted octanol–water partition coefficient (Wildman–Crippen LogP) is 2.95. The summed E-state index contributed by atoms with van der Waals surface area (Å²) in [6.07, 6.45) is 1.93. The van der Waals surface area contributed by atoms with Gasteiger partial charge in [0.15, 0.2) is 0 Å². The lowest BCUT2D eigenvalue weighted by Gasteiger charge is -2.26. The molecule has 6 heteroatoms. The van der Waals surface area contributed by atoms with E-state index in [9.17, 15) is 4.79 Å². The first-order valence-corrected chi connectivity index (χ1v) is 8.42. The van der Waals surface area contributed by atoms with E-state index in [-0.39, 0.29) is 11.9 Å². The number of carbonyl (C=O) groups is 1. The first-order valence-electron chi connectivity index (χ1n) is 8.42. The summed E-state index contributed by atoms with van der Waals surface area (Å²) in [6, 6.07) is 13.5. The maximum Gasteiger partial charge on any atom is 0.254 e. The van der Waals surface area contributed by atoms with Crippen LogP contribution in [0.2, 0.25) is 0 Å². The van der Waals surface area contributed by atoms with Crippen molar-refractivity contribution in [1.29, 1.82) is 0 Å². The van der Waals surface area contributed by atoms with Crippen LogP contribution < -0.4 is 4.74 Å². The minimum atomic E-state index is 0.0287. The van der Waals surface area contributed by atoms with Gasteiger partial charge in [0.25, 0.3) is 5.91 Å². The van der Waals surface area contributed by atoms with E-state index in [1.165, 1.54) is 0 Å². The number of methoxy groups -OCH3 is 1. The summed E-state index contributed by atoms with van der Waals surface area (Å²) in [5.74, 6) is 0.859. The van der Waals surface area contributed by atoms with Crippen molar-refractivity contribution in [3.63, 3.8) is 0 Å². The quantitative estimate of drug-likeness (QED) is 0.738. The van der Waals surface area contributed by atoms with Gasteiger partial charge in [0.1, 0.15) is 11.3 Å². The number of ether oxygens (including phenoxy) is 1. The average molecular weight is 336 g/mol. The Bertz CT molecular complexity index is 934. The van der Waals surface area contributed by atoms with Gasteiger partial charge in [-0.3, -0.25) is 4.79 Å². The molecule has 1 fully saturated rings. The molecule has 0 radical (unpaired) electrons. The van der Waals surface area contributed by atoms with E-state index >= 15 is 0 Å². The van der Waals surface area contributed by atoms with E-state index in [4.69, 9.17) is 4.74 Å². The molecule has 1 atom stereocenters. The van der Waals surface area contributed by atoms with Gasteiger partial charge in [-0.2, -0.15) is 0 Å². The third-order valence-electron chi connectivity index (χ3n) is 4.87. The molecule has 4 rings (SSSR count). The highest BCUT2D eigenvalue weighted by molar-refractivity contribution is 5.97. The minimum Gasteiger partial charge on any atom is -0.496 e. The van der Waals surface area contributed by atoms with E-state index in [0.717, 1.165) is 41.7 Å². The Labute approximate surface area is 146 Å². The molecule has 3 aromatic rings. The summed E-state index contributed by atoms with van der Waals surface area (Å²) in [5.41, 5.74) is 3.37. The normalized spacial score (nSPS) is 17.2. The Morgan fingerprint density at radius 2 is 2.08 bits per heavy atom. The van der Waals surface area contributed by atoms with E-state index in [2.05, 4.69) is 10.3 Å². The highest BCUT2D eigenvalue weighted by atomic mass is 16.5. The molecule has 1 aromatic heterocycles. The first-order chi connectivity index (χ1) is 12.2. The van der Waals surface area contributed by atoms with E-state index in [0.29, 0.717) is 5.56 Å². The number of aromatic nitrogens is 3. The van der Waals surface area contributed by atoms with Gasteiger partial charge in [-0.05, 0) is 37.1 Å². The molecule has 6 nitrogen and oxygen atoms in total. The zero-order valence-corrected chi connectivity index (χ0v) is 14.3. The lowest BCUT2D eigenvalue weighted by molar-refractivity contribution is 0.0734. The zero-order valence-electron chi connectivity index (χ0n) is 14.3. The number of likely N-dealkylation sites (tertiary alicyclic amines) is 1. The number of hydrogen-bond donors (Lipinski definition) is 0. The molecule has 2 aromatic carbocycles. The summed E-state index contributed by atoms with van der Waals surface area (Å²) in [7, 11) is 3.51.